The zero-order valence-electron chi connectivity index (χ0n) is 12.2. The molecular formula is C14H17BrFN5. The molecule has 0 saturated carbocycles. The third kappa shape index (κ3) is 3.47. The Morgan fingerprint density at radius 2 is 1.90 bits per heavy atom. The number of benzene rings is 1. The van der Waals surface area contributed by atoms with Crippen LogP contribution in [0.5, 0.6) is 0 Å². The smallest absolute Gasteiger partial charge is 0.230 e. The molecule has 0 saturated heterocycles. The summed E-state index contributed by atoms with van der Waals surface area (Å²) < 4.78 is 14.8. The molecular weight excluding hydrogens is 337 g/mol. The van der Waals surface area contributed by atoms with Crippen LogP contribution >= 0.6 is 15.9 Å². The number of anilines is 2. The standard InChI is InChI=1S/C14H17BrFN5/c1-4-21(5-2)14-19-12(18-13(17-3)20-14)10-8-9(15)6-7-11(10)16/h6-8H,4-5H2,1-3H3,(H,17,18,19,20). The molecule has 0 bridgehead atoms. The Morgan fingerprint density at radius 3 is 2.52 bits per heavy atom. The predicted octanol–water partition coefficient (Wildman–Crippen LogP) is 3.33. The zero-order chi connectivity index (χ0) is 15.4. The van der Waals surface area contributed by atoms with Crippen molar-refractivity contribution in [3.63, 3.8) is 0 Å². The number of aromatic nitrogens is 3. The Kier molecular flexibility index (Phi) is 5.06. The topological polar surface area (TPSA) is 53.9 Å². The normalized spacial score (nSPS) is 10.5. The van der Waals surface area contributed by atoms with Gasteiger partial charge in [0.25, 0.3) is 0 Å². The maximum atomic E-state index is 14.0. The Hall–Kier alpha value is -1.76. The van der Waals surface area contributed by atoms with Gasteiger partial charge in [0.05, 0.1) is 5.56 Å². The molecule has 0 aliphatic rings. The van der Waals surface area contributed by atoms with Crippen LogP contribution in [0, 0.1) is 5.82 Å². The van der Waals surface area contributed by atoms with Crippen LogP contribution in [0.4, 0.5) is 16.3 Å². The van der Waals surface area contributed by atoms with Crippen LogP contribution in [-0.4, -0.2) is 35.1 Å². The van der Waals surface area contributed by atoms with Crippen molar-refractivity contribution in [2.75, 3.05) is 30.4 Å². The van der Waals surface area contributed by atoms with Gasteiger partial charge in [0.2, 0.25) is 11.9 Å². The molecule has 5 nitrogen and oxygen atoms in total. The number of hydrogen-bond donors (Lipinski definition) is 1. The van der Waals surface area contributed by atoms with Crippen molar-refractivity contribution in [1.29, 1.82) is 0 Å². The fourth-order valence-corrected chi connectivity index (χ4v) is 2.27. The summed E-state index contributed by atoms with van der Waals surface area (Å²) >= 11 is 3.34. The van der Waals surface area contributed by atoms with Crippen LogP contribution in [0.15, 0.2) is 22.7 Å². The molecule has 7 heteroatoms. The summed E-state index contributed by atoms with van der Waals surface area (Å²) in [6, 6.07) is 4.69. The van der Waals surface area contributed by atoms with Crippen molar-refractivity contribution in [2.45, 2.75) is 13.8 Å². The lowest BCUT2D eigenvalue weighted by Gasteiger charge is -2.19. The average Bonchev–Trinajstić information content (AvgIpc) is 2.50. The van der Waals surface area contributed by atoms with Gasteiger partial charge in [0.15, 0.2) is 5.82 Å². The van der Waals surface area contributed by atoms with Gasteiger partial charge in [-0.1, -0.05) is 15.9 Å². The molecule has 0 aliphatic carbocycles. The Balaban J connectivity index is 2.57. The van der Waals surface area contributed by atoms with Crippen molar-refractivity contribution >= 4 is 27.8 Å². The Bertz CT molecular complexity index is 631. The van der Waals surface area contributed by atoms with Gasteiger partial charge < -0.3 is 10.2 Å². The fourth-order valence-electron chi connectivity index (χ4n) is 1.91. The maximum absolute atomic E-state index is 14.0. The summed E-state index contributed by atoms with van der Waals surface area (Å²) in [5, 5.41) is 2.89. The number of nitrogens with one attached hydrogen (secondary N) is 1. The summed E-state index contributed by atoms with van der Waals surface area (Å²) in [6.45, 7) is 5.57. The zero-order valence-corrected chi connectivity index (χ0v) is 13.8. The number of halogens is 2. The first-order valence-corrected chi connectivity index (χ1v) is 7.52. The summed E-state index contributed by atoms with van der Waals surface area (Å²) in [6.07, 6.45) is 0. The lowest BCUT2D eigenvalue weighted by molar-refractivity contribution is 0.629. The summed E-state index contributed by atoms with van der Waals surface area (Å²) in [5.41, 5.74) is 0.344. The molecule has 0 spiro atoms. The molecule has 0 radical (unpaired) electrons. The van der Waals surface area contributed by atoms with Gasteiger partial charge in [-0.15, -0.1) is 0 Å². The van der Waals surface area contributed by atoms with Crippen LogP contribution < -0.4 is 10.2 Å². The minimum absolute atomic E-state index is 0.315. The van der Waals surface area contributed by atoms with Gasteiger partial charge in [-0.3, -0.25) is 0 Å². The molecule has 2 rings (SSSR count). The van der Waals surface area contributed by atoms with Crippen molar-refractivity contribution in [3.05, 3.63) is 28.5 Å². The van der Waals surface area contributed by atoms with E-state index in [9.17, 15) is 4.39 Å². The van der Waals surface area contributed by atoms with E-state index in [2.05, 4.69) is 36.2 Å². The number of rotatable bonds is 5. The lowest BCUT2D eigenvalue weighted by atomic mass is 10.2. The van der Waals surface area contributed by atoms with Crippen molar-refractivity contribution in [2.24, 2.45) is 0 Å². The molecule has 2 aromatic rings. The molecule has 1 aromatic heterocycles. The second-order valence-corrected chi connectivity index (χ2v) is 5.24. The Morgan fingerprint density at radius 1 is 1.19 bits per heavy atom. The quantitative estimate of drug-likeness (QED) is 0.893. The third-order valence-electron chi connectivity index (χ3n) is 3.06. The first-order valence-electron chi connectivity index (χ1n) is 6.73. The molecule has 0 amide bonds. The molecule has 1 N–H and O–H groups in total. The SMILES string of the molecule is CCN(CC)c1nc(NC)nc(-c2cc(Br)ccc2F)n1. The summed E-state index contributed by atoms with van der Waals surface area (Å²) in [7, 11) is 1.72. The second-order valence-electron chi connectivity index (χ2n) is 4.33. The summed E-state index contributed by atoms with van der Waals surface area (Å²) in [4.78, 5) is 15.0. The van der Waals surface area contributed by atoms with Gasteiger partial charge in [-0.2, -0.15) is 15.0 Å². The molecule has 0 atom stereocenters. The highest BCUT2D eigenvalue weighted by atomic mass is 79.9. The van der Waals surface area contributed by atoms with Gasteiger partial charge in [0, 0.05) is 24.6 Å². The lowest BCUT2D eigenvalue weighted by Crippen LogP contribution is -2.25. The molecule has 1 heterocycles. The molecule has 0 aliphatic heterocycles. The average molecular weight is 354 g/mol. The number of hydrogen-bond acceptors (Lipinski definition) is 5. The van der Waals surface area contributed by atoms with Crippen LogP contribution in [0.3, 0.4) is 0 Å². The van der Waals surface area contributed by atoms with E-state index in [1.807, 2.05) is 18.7 Å². The number of nitrogens with zero attached hydrogens (tertiary/aromatic N) is 4. The van der Waals surface area contributed by atoms with E-state index in [1.165, 1.54) is 6.07 Å². The highest BCUT2D eigenvalue weighted by Gasteiger charge is 2.15. The van der Waals surface area contributed by atoms with Crippen molar-refractivity contribution < 1.29 is 4.39 Å². The van der Waals surface area contributed by atoms with E-state index in [1.54, 1.807) is 19.2 Å². The van der Waals surface area contributed by atoms with Gasteiger partial charge in [-0.25, -0.2) is 4.39 Å². The second kappa shape index (κ2) is 6.80. The fraction of sp³-hybridized carbons (Fsp3) is 0.357. The van der Waals surface area contributed by atoms with Crippen molar-refractivity contribution in [1.82, 2.24) is 15.0 Å². The highest BCUT2D eigenvalue weighted by molar-refractivity contribution is 9.10. The van der Waals surface area contributed by atoms with E-state index >= 15 is 0 Å². The van der Waals surface area contributed by atoms with Gasteiger partial charge >= 0.3 is 0 Å². The van der Waals surface area contributed by atoms with Crippen LogP contribution in [0.1, 0.15) is 13.8 Å². The largest absolute Gasteiger partial charge is 0.357 e. The minimum atomic E-state index is -0.364. The van der Waals surface area contributed by atoms with Crippen LogP contribution in [0.2, 0.25) is 0 Å². The van der Waals surface area contributed by atoms with E-state index < -0.39 is 0 Å². The monoisotopic (exact) mass is 353 g/mol. The van der Waals surface area contributed by atoms with Crippen molar-refractivity contribution in [3.8, 4) is 11.4 Å². The van der Waals surface area contributed by atoms with E-state index in [4.69, 9.17) is 0 Å². The first-order chi connectivity index (χ1) is 10.1. The first kappa shape index (κ1) is 15.6. The van der Waals surface area contributed by atoms with Crippen LogP contribution in [0.25, 0.3) is 11.4 Å². The third-order valence-corrected chi connectivity index (χ3v) is 3.56. The summed E-state index contributed by atoms with van der Waals surface area (Å²) in [5.74, 6) is 0.905. The molecule has 0 fully saturated rings. The predicted molar refractivity (Wildman–Crippen MR) is 86.0 cm³/mol. The molecule has 21 heavy (non-hydrogen) atoms. The maximum Gasteiger partial charge on any atom is 0.230 e. The van der Waals surface area contributed by atoms with E-state index in [-0.39, 0.29) is 5.82 Å². The van der Waals surface area contributed by atoms with Crippen LogP contribution in [-0.2, 0) is 0 Å². The minimum Gasteiger partial charge on any atom is -0.357 e. The molecule has 1 aromatic carbocycles. The highest BCUT2D eigenvalue weighted by Crippen LogP contribution is 2.25. The molecule has 112 valence electrons. The van der Waals surface area contributed by atoms with E-state index in [0.29, 0.717) is 23.3 Å². The van der Waals surface area contributed by atoms with Gasteiger partial charge in [0.1, 0.15) is 5.82 Å². The Labute approximate surface area is 131 Å². The molecule has 0 unspecified atom stereocenters. The van der Waals surface area contributed by atoms with Gasteiger partial charge in [-0.05, 0) is 32.0 Å². The van der Waals surface area contributed by atoms with E-state index in [0.717, 1.165) is 17.6 Å².